The lowest BCUT2D eigenvalue weighted by Crippen LogP contribution is -2.60. The molecule has 0 aromatic heterocycles. The summed E-state index contributed by atoms with van der Waals surface area (Å²) in [6.07, 6.45) is 52.1. The van der Waals surface area contributed by atoms with E-state index >= 15 is 0 Å². The molecular formula is C56H105NO8. The van der Waals surface area contributed by atoms with Crippen LogP contribution in [0, 0.1) is 0 Å². The Balaban J connectivity index is 2.28. The number of nitrogens with one attached hydrogen (secondary N) is 1. The standard InChI is InChI=1S/C56H105NO8/c1-3-5-7-9-11-13-15-17-19-21-23-24-25-26-27-28-29-31-33-35-37-39-41-43-45-50(59)49(48-64-56-55(63)54(62)53(61)51(47-58)65-56)57-52(60)46-44-42-40-38-36-34-32-30-22-20-18-16-14-12-10-8-6-4-2/h30,32,35,37,43,45,49-51,53-56,58-59,61-63H,3-29,31,33-34,36,38-42,44,46-48H2,1-2H3,(H,57,60)/b32-30-,37-35+,45-43+. The van der Waals surface area contributed by atoms with E-state index in [4.69, 9.17) is 9.47 Å². The molecule has 7 atom stereocenters. The molecule has 1 heterocycles. The number of allylic oxidation sites excluding steroid dienone is 5. The quantitative estimate of drug-likeness (QED) is 0.0261. The molecule has 382 valence electrons. The Labute approximate surface area is 400 Å². The zero-order valence-electron chi connectivity index (χ0n) is 42.3. The Bertz CT molecular complexity index is 1110. The first-order chi connectivity index (χ1) is 31.8. The summed E-state index contributed by atoms with van der Waals surface area (Å²) in [6.45, 7) is 3.78. The van der Waals surface area contributed by atoms with E-state index in [1.807, 2.05) is 6.08 Å². The van der Waals surface area contributed by atoms with E-state index in [9.17, 15) is 30.3 Å². The summed E-state index contributed by atoms with van der Waals surface area (Å²) in [7, 11) is 0. The number of amides is 1. The average Bonchev–Trinajstić information content (AvgIpc) is 3.31. The van der Waals surface area contributed by atoms with Crippen molar-refractivity contribution >= 4 is 5.91 Å². The van der Waals surface area contributed by atoms with Gasteiger partial charge in [-0.1, -0.05) is 230 Å². The summed E-state index contributed by atoms with van der Waals surface area (Å²) in [6, 6.07) is -0.825. The number of aliphatic hydroxyl groups is 5. The largest absolute Gasteiger partial charge is 0.394 e. The second kappa shape index (κ2) is 46.2. The molecule has 0 bridgehead atoms. The van der Waals surface area contributed by atoms with Gasteiger partial charge in [0.25, 0.3) is 0 Å². The van der Waals surface area contributed by atoms with Gasteiger partial charge >= 0.3 is 0 Å². The van der Waals surface area contributed by atoms with Crippen molar-refractivity contribution in [1.29, 1.82) is 0 Å². The minimum absolute atomic E-state index is 0.193. The summed E-state index contributed by atoms with van der Waals surface area (Å²) < 4.78 is 11.2. The Morgan fingerprint density at radius 2 is 0.877 bits per heavy atom. The third-order valence-corrected chi connectivity index (χ3v) is 13.2. The van der Waals surface area contributed by atoms with Crippen molar-refractivity contribution in [1.82, 2.24) is 5.32 Å². The van der Waals surface area contributed by atoms with Gasteiger partial charge in [-0.05, 0) is 57.8 Å². The third-order valence-electron chi connectivity index (χ3n) is 13.2. The van der Waals surface area contributed by atoms with Crippen LogP contribution in [0.3, 0.4) is 0 Å². The van der Waals surface area contributed by atoms with Crippen LogP contribution in [-0.2, 0) is 14.3 Å². The van der Waals surface area contributed by atoms with Gasteiger partial charge < -0.3 is 40.3 Å². The van der Waals surface area contributed by atoms with Gasteiger partial charge in [-0.2, -0.15) is 0 Å². The third kappa shape index (κ3) is 36.1. The summed E-state index contributed by atoms with van der Waals surface area (Å²) in [5, 5.41) is 54.4. The second-order valence-electron chi connectivity index (χ2n) is 19.4. The number of ether oxygens (including phenoxy) is 2. The van der Waals surface area contributed by atoms with Crippen LogP contribution in [0.15, 0.2) is 36.5 Å². The van der Waals surface area contributed by atoms with Crippen molar-refractivity contribution in [3.63, 3.8) is 0 Å². The van der Waals surface area contributed by atoms with E-state index in [0.29, 0.717) is 6.42 Å². The Morgan fingerprint density at radius 1 is 0.508 bits per heavy atom. The molecule has 1 saturated heterocycles. The highest BCUT2D eigenvalue weighted by atomic mass is 16.7. The normalized spacial score (nSPS) is 20.1. The van der Waals surface area contributed by atoms with Crippen LogP contribution in [0.2, 0.25) is 0 Å². The highest BCUT2D eigenvalue weighted by Crippen LogP contribution is 2.23. The number of rotatable bonds is 47. The predicted molar refractivity (Wildman–Crippen MR) is 272 cm³/mol. The molecule has 6 N–H and O–H groups in total. The van der Waals surface area contributed by atoms with E-state index in [-0.39, 0.29) is 12.5 Å². The molecule has 65 heavy (non-hydrogen) atoms. The number of unbranched alkanes of at least 4 members (excludes halogenated alkanes) is 33. The van der Waals surface area contributed by atoms with Gasteiger partial charge in [-0.25, -0.2) is 0 Å². The van der Waals surface area contributed by atoms with Crippen molar-refractivity contribution in [2.24, 2.45) is 0 Å². The molecule has 0 aromatic carbocycles. The SMILES string of the molecule is CCCCCCCCCCC/C=C\CCCCCCCC(=O)NC(COC1OC(CO)C(O)C(O)C1O)C(O)/C=C/CC/C=C/CCCCCCCCCCCCCCCCCCCC. The smallest absolute Gasteiger partial charge is 0.220 e. The lowest BCUT2D eigenvalue weighted by Gasteiger charge is -2.40. The molecule has 1 fully saturated rings. The van der Waals surface area contributed by atoms with Gasteiger partial charge in [0.15, 0.2) is 6.29 Å². The summed E-state index contributed by atoms with van der Waals surface area (Å²) in [5.74, 6) is -0.193. The van der Waals surface area contributed by atoms with Gasteiger partial charge in [-0.3, -0.25) is 4.79 Å². The number of carbonyl (C=O) groups excluding carboxylic acids is 1. The van der Waals surface area contributed by atoms with Crippen molar-refractivity contribution in [3.05, 3.63) is 36.5 Å². The van der Waals surface area contributed by atoms with Crippen LogP contribution >= 0.6 is 0 Å². The van der Waals surface area contributed by atoms with Crippen LogP contribution in [0.25, 0.3) is 0 Å². The number of hydrogen-bond acceptors (Lipinski definition) is 8. The molecule has 7 unspecified atom stereocenters. The molecule has 1 rings (SSSR count). The van der Waals surface area contributed by atoms with Crippen LogP contribution in [0.5, 0.6) is 0 Å². The van der Waals surface area contributed by atoms with Crippen molar-refractivity contribution in [3.8, 4) is 0 Å². The first-order valence-corrected chi connectivity index (χ1v) is 27.7. The van der Waals surface area contributed by atoms with Crippen LogP contribution < -0.4 is 5.32 Å². The van der Waals surface area contributed by atoms with Crippen molar-refractivity contribution in [2.45, 2.75) is 301 Å². The topological polar surface area (TPSA) is 149 Å². The molecular weight excluding hydrogens is 815 g/mol. The summed E-state index contributed by atoms with van der Waals surface area (Å²) in [4.78, 5) is 13.0. The number of carbonyl (C=O) groups is 1. The highest BCUT2D eigenvalue weighted by Gasteiger charge is 2.44. The van der Waals surface area contributed by atoms with Crippen LogP contribution in [0.1, 0.15) is 258 Å². The van der Waals surface area contributed by atoms with Gasteiger partial charge in [0, 0.05) is 6.42 Å². The molecule has 0 aliphatic carbocycles. The Morgan fingerprint density at radius 3 is 1.29 bits per heavy atom. The minimum Gasteiger partial charge on any atom is -0.394 e. The minimum atomic E-state index is -1.57. The monoisotopic (exact) mass is 920 g/mol. The summed E-state index contributed by atoms with van der Waals surface area (Å²) >= 11 is 0. The van der Waals surface area contributed by atoms with Crippen LogP contribution in [-0.4, -0.2) is 87.5 Å². The molecule has 1 aliphatic rings. The predicted octanol–water partition coefficient (Wildman–Crippen LogP) is 13.2. The molecule has 9 nitrogen and oxygen atoms in total. The van der Waals surface area contributed by atoms with E-state index in [0.717, 1.165) is 57.8 Å². The molecule has 9 heteroatoms. The first-order valence-electron chi connectivity index (χ1n) is 27.7. The number of aliphatic hydroxyl groups excluding tert-OH is 5. The maximum atomic E-state index is 13.0. The molecule has 0 saturated carbocycles. The fraction of sp³-hybridized carbons (Fsp3) is 0.875. The maximum Gasteiger partial charge on any atom is 0.220 e. The second-order valence-corrected chi connectivity index (χ2v) is 19.4. The van der Waals surface area contributed by atoms with Crippen molar-refractivity contribution in [2.75, 3.05) is 13.2 Å². The lowest BCUT2D eigenvalue weighted by molar-refractivity contribution is -0.302. The molecule has 0 radical (unpaired) electrons. The van der Waals surface area contributed by atoms with Gasteiger partial charge in [0.05, 0.1) is 25.4 Å². The average molecular weight is 920 g/mol. The number of hydrogen-bond donors (Lipinski definition) is 6. The summed E-state index contributed by atoms with van der Waals surface area (Å²) in [5.41, 5.74) is 0. The first kappa shape index (κ1) is 61.4. The fourth-order valence-electron chi connectivity index (χ4n) is 8.76. The fourth-order valence-corrected chi connectivity index (χ4v) is 8.76. The Hall–Kier alpha value is -1.59. The van der Waals surface area contributed by atoms with E-state index in [1.54, 1.807) is 6.08 Å². The van der Waals surface area contributed by atoms with Crippen molar-refractivity contribution < 1.29 is 39.8 Å². The van der Waals surface area contributed by atoms with Gasteiger partial charge in [0.1, 0.15) is 24.4 Å². The van der Waals surface area contributed by atoms with E-state index in [2.05, 4.69) is 43.5 Å². The van der Waals surface area contributed by atoms with Crippen LogP contribution in [0.4, 0.5) is 0 Å². The lowest BCUT2D eigenvalue weighted by atomic mass is 9.99. The molecule has 0 aromatic rings. The molecule has 0 spiro atoms. The zero-order valence-corrected chi connectivity index (χ0v) is 42.3. The maximum absolute atomic E-state index is 13.0. The van der Waals surface area contributed by atoms with Gasteiger partial charge in [-0.15, -0.1) is 0 Å². The highest BCUT2D eigenvalue weighted by molar-refractivity contribution is 5.76. The molecule has 1 amide bonds. The molecule has 1 aliphatic heterocycles. The van der Waals surface area contributed by atoms with E-state index in [1.165, 1.54) is 180 Å². The van der Waals surface area contributed by atoms with Gasteiger partial charge in [0.2, 0.25) is 5.91 Å². The Kier molecular flexibility index (Phi) is 43.6. The van der Waals surface area contributed by atoms with E-state index < -0.39 is 49.5 Å². The zero-order chi connectivity index (χ0) is 47.3.